The SMILES string of the molecule is CC(C)(C)OC(=O)NC1CCCN(c2sncc2NC(=O)c2nc(-c3c(F)cccc3F)sc2N)C1. The molecule has 13 heteroatoms. The average molecular weight is 537 g/mol. The predicted molar refractivity (Wildman–Crippen MR) is 137 cm³/mol. The number of ether oxygens (including phenoxy) is 1. The molecule has 0 aliphatic carbocycles. The van der Waals surface area contributed by atoms with Gasteiger partial charge in [0, 0.05) is 19.1 Å². The highest BCUT2D eigenvalue weighted by atomic mass is 32.1. The summed E-state index contributed by atoms with van der Waals surface area (Å²) in [7, 11) is 0. The van der Waals surface area contributed by atoms with Crippen LogP contribution in [0.1, 0.15) is 44.1 Å². The minimum atomic E-state index is -0.792. The van der Waals surface area contributed by atoms with Gasteiger partial charge in [0.15, 0.2) is 5.69 Å². The Morgan fingerprint density at radius 3 is 2.67 bits per heavy atom. The topological polar surface area (TPSA) is 122 Å². The van der Waals surface area contributed by atoms with Gasteiger partial charge in [-0.1, -0.05) is 17.4 Å². The molecule has 1 unspecified atom stereocenters. The number of alkyl carbamates (subject to hydrolysis) is 1. The standard InChI is InChI=1S/C23H26F2N6O3S2/c1-23(2,3)34-22(33)28-12-6-5-9-31(11-12)21-15(10-27-36-21)29-19(32)17-18(26)35-20(30-17)16-13(24)7-4-8-14(16)25/h4,7-8,10,12H,5-6,9,11,26H2,1-3H3,(H,28,33)(H,29,32). The molecule has 0 radical (unpaired) electrons. The molecule has 1 aromatic carbocycles. The van der Waals surface area contributed by atoms with Gasteiger partial charge in [-0.15, -0.1) is 0 Å². The van der Waals surface area contributed by atoms with Crippen molar-refractivity contribution in [1.82, 2.24) is 14.7 Å². The smallest absolute Gasteiger partial charge is 0.407 e. The molecule has 3 heterocycles. The molecule has 2 aromatic heterocycles. The zero-order chi connectivity index (χ0) is 26.0. The van der Waals surface area contributed by atoms with Gasteiger partial charge in [0.2, 0.25) is 0 Å². The van der Waals surface area contributed by atoms with Crippen LogP contribution in [0.15, 0.2) is 24.4 Å². The zero-order valence-corrected chi connectivity index (χ0v) is 21.6. The van der Waals surface area contributed by atoms with Gasteiger partial charge in [-0.05, 0) is 57.3 Å². The lowest BCUT2D eigenvalue weighted by Crippen LogP contribution is -2.49. The number of hydrogen-bond donors (Lipinski definition) is 3. The van der Waals surface area contributed by atoms with E-state index in [1.165, 1.54) is 23.8 Å². The maximum Gasteiger partial charge on any atom is 0.407 e. The summed E-state index contributed by atoms with van der Waals surface area (Å²) >= 11 is 2.03. The highest BCUT2D eigenvalue weighted by molar-refractivity contribution is 7.19. The lowest BCUT2D eigenvalue weighted by atomic mass is 10.1. The van der Waals surface area contributed by atoms with Crippen molar-refractivity contribution in [3.63, 3.8) is 0 Å². The Kier molecular flexibility index (Phi) is 7.41. The van der Waals surface area contributed by atoms with E-state index >= 15 is 0 Å². The van der Waals surface area contributed by atoms with E-state index in [4.69, 9.17) is 10.5 Å². The van der Waals surface area contributed by atoms with E-state index in [0.29, 0.717) is 23.8 Å². The first-order valence-electron chi connectivity index (χ1n) is 11.2. The lowest BCUT2D eigenvalue weighted by molar-refractivity contribution is 0.0500. The van der Waals surface area contributed by atoms with Gasteiger partial charge in [-0.25, -0.2) is 18.6 Å². The summed E-state index contributed by atoms with van der Waals surface area (Å²) in [6.07, 6.45) is 2.65. The van der Waals surface area contributed by atoms with Gasteiger partial charge in [0.05, 0.1) is 17.4 Å². The minimum Gasteiger partial charge on any atom is -0.444 e. The van der Waals surface area contributed by atoms with Crippen LogP contribution in [0.2, 0.25) is 0 Å². The van der Waals surface area contributed by atoms with Gasteiger partial charge in [-0.2, -0.15) is 4.37 Å². The van der Waals surface area contributed by atoms with E-state index < -0.39 is 29.2 Å². The van der Waals surface area contributed by atoms with E-state index in [-0.39, 0.29) is 27.3 Å². The van der Waals surface area contributed by atoms with Crippen LogP contribution in [0.3, 0.4) is 0 Å². The molecule has 9 nitrogen and oxygen atoms in total. The monoisotopic (exact) mass is 536 g/mol. The maximum absolute atomic E-state index is 14.2. The van der Waals surface area contributed by atoms with Gasteiger partial charge in [0.1, 0.15) is 32.2 Å². The lowest BCUT2D eigenvalue weighted by Gasteiger charge is -2.34. The van der Waals surface area contributed by atoms with Crippen molar-refractivity contribution in [2.45, 2.75) is 45.3 Å². The van der Waals surface area contributed by atoms with E-state index in [1.807, 2.05) is 4.90 Å². The van der Waals surface area contributed by atoms with Crippen LogP contribution >= 0.6 is 22.9 Å². The van der Waals surface area contributed by atoms with Crippen molar-refractivity contribution >= 4 is 50.6 Å². The Morgan fingerprint density at radius 2 is 1.97 bits per heavy atom. The van der Waals surface area contributed by atoms with Crippen molar-refractivity contribution in [3.8, 4) is 10.6 Å². The molecule has 0 saturated carbocycles. The Hall–Kier alpha value is -3.32. The van der Waals surface area contributed by atoms with Crippen LogP contribution < -0.4 is 21.3 Å². The van der Waals surface area contributed by atoms with Crippen molar-refractivity contribution in [3.05, 3.63) is 41.7 Å². The molecule has 1 aliphatic rings. The number of nitrogen functional groups attached to an aromatic ring is 1. The Balaban J connectivity index is 1.47. The molecule has 3 aromatic rings. The number of rotatable bonds is 5. The second kappa shape index (κ2) is 10.3. The second-order valence-electron chi connectivity index (χ2n) is 9.26. The number of piperidine rings is 1. The molecule has 4 rings (SSSR count). The molecule has 2 amide bonds. The molecule has 0 bridgehead atoms. The molecule has 0 spiro atoms. The summed E-state index contributed by atoms with van der Waals surface area (Å²) in [6, 6.07) is 3.34. The number of anilines is 3. The van der Waals surface area contributed by atoms with Crippen LogP contribution in [0, 0.1) is 11.6 Å². The summed E-state index contributed by atoms with van der Waals surface area (Å²) in [5.41, 5.74) is 5.37. The zero-order valence-electron chi connectivity index (χ0n) is 19.9. The number of carbonyl (C=O) groups excluding carboxylic acids is 2. The van der Waals surface area contributed by atoms with E-state index in [9.17, 15) is 18.4 Å². The molecule has 4 N–H and O–H groups in total. The molecule has 36 heavy (non-hydrogen) atoms. The number of amides is 2. The Bertz CT molecular complexity index is 1250. The highest BCUT2D eigenvalue weighted by Crippen LogP contribution is 2.36. The fraction of sp³-hybridized carbons (Fsp3) is 0.391. The second-order valence-corrected chi connectivity index (χ2v) is 11.1. The fourth-order valence-electron chi connectivity index (χ4n) is 3.79. The summed E-state index contributed by atoms with van der Waals surface area (Å²) in [5, 5.41) is 6.38. The molecule has 1 aliphatic heterocycles. The van der Waals surface area contributed by atoms with Crippen molar-refractivity contribution in [1.29, 1.82) is 0 Å². The van der Waals surface area contributed by atoms with Crippen molar-refractivity contribution < 1.29 is 23.1 Å². The fourth-order valence-corrected chi connectivity index (χ4v) is 5.40. The van der Waals surface area contributed by atoms with Gasteiger partial charge in [0.25, 0.3) is 5.91 Å². The van der Waals surface area contributed by atoms with Crippen LogP contribution in [-0.2, 0) is 4.74 Å². The van der Waals surface area contributed by atoms with Crippen LogP contribution in [-0.4, -0.2) is 46.1 Å². The number of nitrogens with two attached hydrogens (primary N) is 1. The summed E-state index contributed by atoms with van der Waals surface area (Å²) in [5.74, 6) is -2.20. The number of benzene rings is 1. The molecule has 1 fully saturated rings. The van der Waals surface area contributed by atoms with Gasteiger partial charge >= 0.3 is 6.09 Å². The summed E-state index contributed by atoms with van der Waals surface area (Å²) in [4.78, 5) is 31.3. The maximum atomic E-state index is 14.2. The Morgan fingerprint density at radius 1 is 1.25 bits per heavy atom. The van der Waals surface area contributed by atoms with Crippen molar-refractivity contribution in [2.75, 3.05) is 29.0 Å². The number of carbonyl (C=O) groups is 2. The number of halogens is 2. The minimum absolute atomic E-state index is 0.0241. The molecule has 192 valence electrons. The number of hydrogen-bond acceptors (Lipinski definition) is 9. The number of nitrogens with zero attached hydrogens (tertiary/aromatic N) is 3. The third-order valence-electron chi connectivity index (χ3n) is 5.27. The highest BCUT2D eigenvalue weighted by Gasteiger charge is 2.28. The van der Waals surface area contributed by atoms with Crippen LogP contribution in [0.25, 0.3) is 10.6 Å². The van der Waals surface area contributed by atoms with Gasteiger partial charge in [-0.3, -0.25) is 4.79 Å². The normalized spacial score (nSPS) is 16.0. The first kappa shape index (κ1) is 25.8. The molecular weight excluding hydrogens is 510 g/mol. The van der Waals surface area contributed by atoms with Gasteiger partial charge < -0.3 is 26.0 Å². The molecule has 1 atom stereocenters. The molecular formula is C23H26F2N6O3S2. The molecule has 1 saturated heterocycles. The largest absolute Gasteiger partial charge is 0.444 e. The number of nitrogens with one attached hydrogen (secondary N) is 2. The van der Waals surface area contributed by atoms with E-state index in [2.05, 4.69) is 20.0 Å². The first-order valence-corrected chi connectivity index (χ1v) is 12.8. The van der Waals surface area contributed by atoms with Crippen LogP contribution in [0.5, 0.6) is 0 Å². The van der Waals surface area contributed by atoms with E-state index in [0.717, 1.165) is 36.3 Å². The third kappa shape index (κ3) is 5.90. The summed E-state index contributed by atoms with van der Waals surface area (Å²) < 4.78 is 37.9. The average Bonchev–Trinajstić information content (AvgIpc) is 3.39. The number of thiazole rings is 1. The third-order valence-corrected chi connectivity index (χ3v) is 7.04. The Labute approximate surface area is 214 Å². The van der Waals surface area contributed by atoms with E-state index in [1.54, 1.807) is 20.8 Å². The first-order chi connectivity index (χ1) is 17.0. The van der Waals surface area contributed by atoms with Crippen molar-refractivity contribution in [2.24, 2.45) is 0 Å². The number of aromatic nitrogens is 2. The summed E-state index contributed by atoms with van der Waals surface area (Å²) in [6.45, 7) is 6.64. The predicted octanol–water partition coefficient (Wildman–Crippen LogP) is 4.87. The van der Waals surface area contributed by atoms with Crippen LogP contribution in [0.4, 0.5) is 29.3 Å². The quantitative estimate of drug-likeness (QED) is 0.425.